The van der Waals surface area contributed by atoms with Crippen molar-refractivity contribution in [1.29, 1.82) is 5.26 Å². The van der Waals surface area contributed by atoms with Crippen LogP contribution in [0.4, 0.5) is 0 Å². The molecule has 2 N–H and O–H groups in total. The van der Waals surface area contributed by atoms with Crippen LogP contribution in [0.3, 0.4) is 0 Å². The van der Waals surface area contributed by atoms with E-state index in [9.17, 15) is 20.0 Å². The molecule has 0 spiro atoms. The molecule has 1 heterocycles. The standard InChI is InChI=1S/C22H15NO5/c1-13-18(3-2-4-19(13)22(26)27)20-10-9-17(28-20)11-16(12-23)14-5-7-15(8-6-14)21(24)25/h2-11H,1H3,(H,24,25)(H,26,27)/b16-11-. The summed E-state index contributed by atoms with van der Waals surface area (Å²) >= 11 is 0. The van der Waals surface area contributed by atoms with Gasteiger partial charge in [-0.05, 0) is 54.5 Å². The van der Waals surface area contributed by atoms with Crippen LogP contribution in [0.1, 0.15) is 37.6 Å². The molecule has 1 aromatic heterocycles. The van der Waals surface area contributed by atoms with Crippen LogP contribution in [0.2, 0.25) is 0 Å². The molecular formula is C22H15NO5. The number of allylic oxidation sites excluding steroid dienone is 1. The Morgan fingerprint density at radius 3 is 2.25 bits per heavy atom. The minimum Gasteiger partial charge on any atom is -0.478 e. The number of aromatic carboxylic acids is 2. The number of carbonyl (C=O) groups is 2. The summed E-state index contributed by atoms with van der Waals surface area (Å²) in [6.07, 6.45) is 1.55. The van der Waals surface area contributed by atoms with Gasteiger partial charge in [0.15, 0.2) is 0 Å². The second kappa shape index (κ2) is 7.64. The van der Waals surface area contributed by atoms with Gasteiger partial charge in [-0.1, -0.05) is 24.3 Å². The molecule has 2 aromatic carbocycles. The van der Waals surface area contributed by atoms with E-state index in [4.69, 9.17) is 9.52 Å². The van der Waals surface area contributed by atoms with Crippen molar-refractivity contribution in [1.82, 2.24) is 0 Å². The summed E-state index contributed by atoms with van der Waals surface area (Å²) in [6.45, 7) is 1.71. The second-order valence-corrected chi connectivity index (χ2v) is 6.04. The zero-order chi connectivity index (χ0) is 20.3. The number of rotatable bonds is 5. The first kappa shape index (κ1) is 18.7. The summed E-state index contributed by atoms with van der Waals surface area (Å²) in [5.41, 5.74) is 2.45. The van der Waals surface area contributed by atoms with Crippen molar-refractivity contribution >= 4 is 23.6 Å². The lowest BCUT2D eigenvalue weighted by atomic mass is 10.0. The lowest BCUT2D eigenvalue weighted by molar-refractivity contribution is 0.0685. The Kier molecular flexibility index (Phi) is 5.10. The maximum absolute atomic E-state index is 11.3. The largest absolute Gasteiger partial charge is 0.478 e. The van der Waals surface area contributed by atoms with E-state index >= 15 is 0 Å². The number of hydrogen-bond acceptors (Lipinski definition) is 4. The number of benzene rings is 2. The summed E-state index contributed by atoms with van der Waals surface area (Å²) in [5, 5.41) is 27.7. The average molecular weight is 373 g/mol. The van der Waals surface area contributed by atoms with Crippen molar-refractivity contribution in [2.45, 2.75) is 6.92 Å². The van der Waals surface area contributed by atoms with E-state index in [1.807, 2.05) is 0 Å². The smallest absolute Gasteiger partial charge is 0.335 e. The molecule has 138 valence electrons. The highest BCUT2D eigenvalue weighted by atomic mass is 16.4. The van der Waals surface area contributed by atoms with Gasteiger partial charge in [-0.2, -0.15) is 5.26 Å². The third-order valence-electron chi connectivity index (χ3n) is 4.31. The van der Waals surface area contributed by atoms with E-state index in [1.165, 1.54) is 18.2 Å². The van der Waals surface area contributed by atoms with Crippen LogP contribution in [-0.2, 0) is 0 Å². The van der Waals surface area contributed by atoms with Gasteiger partial charge in [0.1, 0.15) is 11.5 Å². The van der Waals surface area contributed by atoms with Gasteiger partial charge in [-0.15, -0.1) is 0 Å². The number of hydrogen-bond donors (Lipinski definition) is 2. The molecule has 0 saturated heterocycles. The molecule has 0 amide bonds. The van der Waals surface area contributed by atoms with E-state index in [0.717, 1.165) is 0 Å². The van der Waals surface area contributed by atoms with E-state index in [-0.39, 0.29) is 11.1 Å². The molecule has 6 nitrogen and oxygen atoms in total. The van der Waals surface area contributed by atoms with Crippen molar-refractivity contribution in [2.75, 3.05) is 0 Å². The Morgan fingerprint density at radius 1 is 0.964 bits per heavy atom. The van der Waals surface area contributed by atoms with Crippen molar-refractivity contribution in [3.8, 4) is 17.4 Å². The van der Waals surface area contributed by atoms with Crippen molar-refractivity contribution in [3.63, 3.8) is 0 Å². The average Bonchev–Trinajstić information content (AvgIpc) is 3.14. The molecule has 0 saturated carbocycles. The fourth-order valence-corrected chi connectivity index (χ4v) is 2.82. The van der Waals surface area contributed by atoms with Crippen molar-refractivity contribution in [2.24, 2.45) is 0 Å². The highest BCUT2D eigenvalue weighted by molar-refractivity contribution is 5.93. The predicted molar refractivity (Wildman–Crippen MR) is 103 cm³/mol. The summed E-state index contributed by atoms with van der Waals surface area (Å²) in [7, 11) is 0. The number of carboxylic acid groups (broad SMARTS) is 2. The number of nitriles is 1. The molecule has 0 aliphatic rings. The number of carboxylic acids is 2. The van der Waals surface area contributed by atoms with Crippen LogP contribution in [0.5, 0.6) is 0 Å². The molecule has 0 aliphatic heterocycles. The van der Waals surface area contributed by atoms with Gasteiger partial charge in [0.25, 0.3) is 0 Å². The molecule has 6 heteroatoms. The Bertz CT molecular complexity index is 1130. The third kappa shape index (κ3) is 3.69. The molecule has 0 aliphatic carbocycles. The normalized spacial score (nSPS) is 11.1. The third-order valence-corrected chi connectivity index (χ3v) is 4.31. The topological polar surface area (TPSA) is 112 Å². The van der Waals surface area contributed by atoms with Gasteiger partial charge >= 0.3 is 11.9 Å². The number of furan rings is 1. The summed E-state index contributed by atoms with van der Waals surface area (Å²) in [4.78, 5) is 22.2. The van der Waals surface area contributed by atoms with Crippen LogP contribution in [-0.4, -0.2) is 22.2 Å². The van der Waals surface area contributed by atoms with E-state index in [2.05, 4.69) is 6.07 Å². The Labute approximate surface area is 160 Å². The maximum atomic E-state index is 11.3. The van der Waals surface area contributed by atoms with Gasteiger partial charge in [0, 0.05) is 5.56 Å². The number of nitrogens with zero attached hydrogens (tertiary/aromatic N) is 1. The molecular weight excluding hydrogens is 358 g/mol. The zero-order valence-electron chi connectivity index (χ0n) is 14.8. The van der Waals surface area contributed by atoms with Crippen LogP contribution in [0, 0.1) is 18.3 Å². The summed E-state index contributed by atoms with van der Waals surface area (Å²) in [6, 6.07) is 16.4. The quantitative estimate of drug-likeness (QED) is 0.626. The van der Waals surface area contributed by atoms with Gasteiger partial charge < -0.3 is 14.6 Å². The molecule has 28 heavy (non-hydrogen) atoms. The molecule has 0 unspecified atom stereocenters. The monoisotopic (exact) mass is 373 g/mol. The molecule has 0 bridgehead atoms. The maximum Gasteiger partial charge on any atom is 0.335 e. The van der Waals surface area contributed by atoms with E-state index < -0.39 is 11.9 Å². The van der Waals surface area contributed by atoms with Gasteiger partial charge in [-0.25, -0.2) is 9.59 Å². The molecule has 0 radical (unpaired) electrons. The van der Waals surface area contributed by atoms with E-state index in [1.54, 1.807) is 49.4 Å². The zero-order valence-corrected chi connectivity index (χ0v) is 14.8. The van der Waals surface area contributed by atoms with Gasteiger partial charge in [0.2, 0.25) is 0 Å². The lowest BCUT2D eigenvalue weighted by Crippen LogP contribution is -2.00. The SMILES string of the molecule is Cc1c(C(=O)O)cccc1-c1ccc(/C=C(/C#N)c2ccc(C(=O)O)cc2)o1. The van der Waals surface area contributed by atoms with Gasteiger partial charge in [0.05, 0.1) is 22.8 Å². The van der Waals surface area contributed by atoms with Gasteiger partial charge in [-0.3, -0.25) is 0 Å². The lowest BCUT2D eigenvalue weighted by Gasteiger charge is -2.06. The Balaban J connectivity index is 1.95. The van der Waals surface area contributed by atoms with Crippen LogP contribution in [0.25, 0.3) is 23.0 Å². The first-order valence-corrected chi connectivity index (χ1v) is 8.29. The minimum atomic E-state index is -1.04. The highest BCUT2D eigenvalue weighted by Crippen LogP contribution is 2.29. The molecule has 0 fully saturated rings. The Hall–Kier alpha value is -4.11. The second-order valence-electron chi connectivity index (χ2n) is 6.04. The van der Waals surface area contributed by atoms with Crippen LogP contribution >= 0.6 is 0 Å². The summed E-state index contributed by atoms with van der Waals surface area (Å²) in [5.74, 6) is -1.13. The fraction of sp³-hybridized carbons (Fsp3) is 0.0455. The highest BCUT2D eigenvalue weighted by Gasteiger charge is 2.14. The fourth-order valence-electron chi connectivity index (χ4n) is 2.82. The minimum absolute atomic E-state index is 0.134. The van der Waals surface area contributed by atoms with E-state index in [0.29, 0.717) is 33.8 Å². The summed E-state index contributed by atoms with van der Waals surface area (Å²) < 4.78 is 5.79. The molecule has 0 atom stereocenters. The van der Waals surface area contributed by atoms with Crippen LogP contribution < -0.4 is 0 Å². The Morgan fingerprint density at radius 2 is 1.64 bits per heavy atom. The van der Waals surface area contributed by atoms with Crippen molar-refractivity contribution in [3.05, 3.63) is 82.6 Å². The molecule has 3 rings (SSSR count). The van der Waals surface area contributed by atoms with Crippen LogP contribution in [0.15, 0.2) is 59.0 Å². The van der Waals surface area contributed by atoms with Crippen molar-refractivity contribution < 1.29 is 24.2 Å². The first-order valence-electron chi connectivity index (χ1n) is 8.29. The first-order chi connectivity index (χ1) is 13.4. The molecule has 3 aromatic rings. The predicted octanol–water partition coefficient (Wildman–Crippen LogP) is 4.72.